The SMILES string of the molecule is O=C(CC12CC3CC(CC(C3)C1)C2)c1ccc(Br)cc1. The van der Waals surface area contributed by atoms with Gasteiger partial charge in [-0.2, -0.15) is 0 Å². The van der Waals surface area contributed by atoms with Crippen LogP contribution in [0.4, 0.5) is 0 Å². The summed E-state index contributed by atoms with van der Waals surface area (Å²) < 4.78 is 1.05. The van der Waals surface area contributed by atoms with E-state index in [0.29, 0.717) is 11.2 Å². The number of ketones is 1. The summed E-state index contributed by atoms with van der Waals surface area (Å²) in [7, 11) is 0. The molecule has 4 fully saturated rings. The molecule has 0 amide bonds. The molecule has 4 saturated carbocycles. The Morgan fingerprint density at radius 3 is 2.00 bits per heavy atom. The molecular formula is C18H21BrO. The molecular weight excluding hydrogens is 312 g/mol. The van der Waals surface area contributed by atoms with Gasteiger partial charge in [0.25, 0.3) is 0 Å². The van der Waals surface area contributed by atoms with Gasteiger partial charge in [-0.1, -0.05) is 28.1 Å². The Labute approximate surface area is 129 Å². The van der Waals surface area contributed by atoms with E-state index in [4.69, 9.17) is 0 Å². The molecule has 0 atom stereocenters. The second kappa shape index (κ2) is 4.69. The minimum Gasteiger partial charge on any atom is -0.294 e. The molecule has 0 N–H and O–H groups in total. The zero-order chi connectivity index (χ0) is 13.7. The van der Waals surface area contributed by atoms with Gasteiger partial charge in [-0.15, -0.1) is 0 Å². The quantitative estimate of drug-likeness (QED) is 0.692. The highest BCUT2D eigenvalue weighted by molar-refractivity contribution is 9.10. The minimum atomic E-state index is 0.360. The normalized spacial score (nSPS) is 38.1. The molecule has 0 aromatic heterocycles. The van der Waals surface area contributed by atoms with Crippen LogP contribution in [0.25, 0.3) is 0 Å². The van der Waals surface area contributed by atoms with Crippen molar-refractivity contribution in [1.29, 1.82) is 0 Å². The van der Waals surface area contributed by atoms with Gasteiger partial charge in [0, 0.05) is 16.5 Å². The van der Waals surface area contributed by atoms with Crippen molar-refractivity contribution < 1.29 is 4.79 Å². The molecule has 1 aromatic carbocycles. The number of halogens is 1. The van der Waals surface area contributed by atoms with Gasteiger partial charge >= 0.3 is 0 Å². The van der Waals surface area contributed by atoms with Gasteiger partial charge in [0.2, 0.25) is 0 Å². The first kappa shape index (κ1) is 13.1. The van der Waals surface area contributed by atoms with Crippen molar-refractivity contribution in [2.24, 2.45) is 23.2 Å². The highest BCUT2D eigenvalue weighted by atomic mass is 79.9. The molecule has 0 spiro atoms. The van der Waals surface area contributed by atoms with Crippen LogP contribution < -0.4 is 0 Å². The average Bonchev–Trinajstić information content (AvgIpc) is 2.37. The fourth-order valence-corrected chi connectivity index (χ4v) is 5.85. The molecule has 0 saturated heterocycles. The lowest BCUT2D eigenvalue weighted by Gasteiger charge is -2.56. The van der Waals surface area contributed by atoms with E-state index < -0.39 is 0 Å². The van der Waals surface area contributed by atoms with Crippen molar-refractivity contribution in [1.82, 2.24) is 0 Å². The van der Waals surface area contributed by atoms with E-state index in [1.807, 2.05) is 24.3 Å². The van der Waals surface area contributed by atoms with Crippen molar-refractivity contribution in [2.75, 3.05) is 0 Å². The molecule has 0 unspecified atom stereocenters. The average molecular weight is 333 g/mol. The fourth-order valence-electron chi connectivity index (χ4n) is 5.58. The summed E-state index contributed by atoms with van der Waals surface area (Å²) in [5.41, 5.74) is 1.25. The Bertz CT molecular complexity index is 496. The Morgan fingerprint density at radius 1 is 1.00 bits per heavy atom. The van der Waals surface area contributed by atoms with Crippen LogP contribution in [0.5, 0.6) is 0 Å². The van der Waals surface area contributed by atoms with Crippen molar-refractivity contribution in [2.45, 2.75) is 44.9 Å². The maximum atomic E-state index is 12.6. The molecule has 4 aliphatic carbocycles. The summed E-state index contributed by atoms with van der Waals surface area (Å²) in [6.45, 7) is 0. The van der Waals surface area contributed by atoms with E-state index >= 15 is 0 Å². The molecule has 1 aromatic rings. The van der Waals surface area contributed by atoms with Crippen molar-refractivity contribution in [3.8, 4) is 0 Å². The number of rotatable bonds is 3. The zero-order valence-electron chi connectivity index (χ0n) is 11.8. The van der Waals surface area contributed by atoms with Crippen LogP contribution in [0.1, 0.15) is 55.3 Å². The van der Waals surface area contributed by atoms with E-state index in [0.717, 1.165) is 34.2 Å². The zero-order valence-corrected chi connectivity index (χ0v) is 13.4. The van der Waals surface area contributed by atoms with Gasteiger partial charge in [-0.25, -0.2) is 0 Å². The molecule has 1 nitrogen and oxygen atoms in total. The third-order valence-corrected chi connectivity index (χ3v) is 6.40. The summed E-state index contributed by atoms with van der Waals surface area (Å²) in [4.78, 5) is 12.6. The molecule has 4 aliphatic rings. The van der Waals surface area contributed by atoms with Gasteiger partial charge in [0.15, 0.2) is 5.78 Å². The summed E-state index contributed by atoms with van der Waals surface area (Å²) in [6, 6.07) is 7.89. The van der Waals surface area contributed by atoms with Gasteiger partial charge in [-0.3, -0.25) is 4.79 Å². The third kappa shape index (κ3) is 2.26. The first-order valence-electron chi connectivity index (χ1n) is 7.91. The lowest BCUT2D eigenvalue weighted by Crippen LogP contribution is -2.46. The Hall–Kier alpha value is -0.630. The largest absolute Gasteiger partial charge is 0.294 e. The standard InChI is InChI=1S/C18H21BrO/c19-16-3-1-15(2-4-16)17(20)11-18-8-12-5-13(9-18)7-14(6-12)10-18/h1-4,12-14H,5-11H2. The number of hydrogen-bond acceptors (Lipinski definition) is 1. The number of benzene rings is 1. The van der Waals surface area contributed by atoms with Crippen molar-refractivity contribution in [3.05, 3.63) is 34.3 Å². The Kier molecular flexibility index (Phi) is 3.06. The third-order valence-electron chi connectivity index (χ3n) is 5.87. The molecule has 0 aliphatic heterocycles. The van der Waals surface area contributed by atoms with Gasteiger partial charge in [-0.05, 0) is 73.8 Å². The monoisotopic (exact) mass is 332 g/mol. The summed E-state index contributed by atoms with van der Waals surface area (Å²) >= 11 is 3.44. The number of carbonyl (C=O) groups excluding carboxylic acids is 1. The van der Waals surface area contributed by atoms with Crippen LogP contribution in [0.3, 0.4) is 0 Å². The number of carbonyl (C=O) groups is 1. The lowest BCUT2D eigenvalue weighted by atomic mass is 9.48. The number of Topliss-reactive ketones (excluding diaryl/α,β-unsaturated/α-hetero) is 1. The van der Waals surface area contributed by atoms with Gasteiger partial charge in [0.1, 0.15) is 0 Å². The van der Waals surface area contributed by atoms with E-state index in [-0.39, 0.29) is 0 Å². The predicted molar refractivity (Wildman–Crippen MR) is 83.7 cm³/mol. The van der Waals surface area contributed by atoms with Crippen molar-refractivity contribution in [3.63, 3.8) is 0 Å². The van der Waals surface area contributed by atoms with Crippen LogP contribution in [-0.2, 0) is 0 Å². The summed E-state index contributed by atoms with van der Waals surface area (Å²) in [5, 5.41) is 0. The van der Waals surface area contributed by atoms with Gasteiger partial charge < -0.3 is 0 Å². The second-order valence-electron chi connectivity index (χ2n) is 7.52. The highest BCUT2D eigenvalue weighted by Crippen LogP contribution is 2.61. The number of hydrogen-bond donors (Lipinski definition) is 0. The van der Waals surface area contributed by atoms with Crippen LogP contribution in [-0.4, -0.2) is 5.78 Å². The molecule has 106 valence electrons. The first-order chi connectivity index (χ1) is 9.62. The minimum absolute atomic E-state index is 0.360. The maximum Gasteiger partial charge on any atom is 0.163 e. The summed E-state index contributed by atoms with van der Waals surface area (Å²) in [5.74, 6) is 3.15. The van der Waals surface area contributed by atoms with Crippen LogP contribution in [0, 0.1) is 23.2 Å². The predicted octanol–water partition coefficient (Wildman–Crippen LogP) is 5.24. The molecule has 0 radical (unpaired) electrons. The molecule has 4 bridgehead atoms. The molecule has 5 rings (SSSR count). The van der Waals surface area contributed by atoms with E-state index in [1.54, 1.807) is 0 Å². The summed E-state index contributed by atoms with van der Waals surface area (Å²) in [6.07, 6.45) is 9.10. The van der Waals surface area contributed by atoms with E-state index in [9.17, 15) is 4.79 Å². The molecule has 0 heterocycles. The Balaban J connectivity index is 1.53. The highest BCUT2D eigenvalue weighted by Gasteiger charge is 2.51. The van der Waals surface area contributed by atoms with Crippen molar-refractivity contribution >= 4 is 21.7 Å². The smallest absolute Gasteiger partial charge is 0.163 e. The lowest BCUT2D eigenvalue weighted by molar-refractivity contribution is -0.0524. The van der Waals surface area contributed by atoms with Crippen LogP contribution in [0.15, 0.2) is 28.7 Å². The Morgan fingerprint density at radius 2 is 1.50 bits per heavy atom. The van der Waals surface area contributed by atoms with E-state index in [2.05, 4.69) is 15.9 Å². The topological polar surface area (TPSA) is 17.1 Å². The fraction of sp³-hybridized carbons (Fsp3) is 0.611. The molecule has 2 heteroatoms. The first-order valence-corrected chi connectivity index (χ1v) is 8.70. The maximum absolute atomic E-state index is 12.6. The second-order valence-corrected chi connectivity index (χ2v) is 8.44. The van der Waals surface area contributed by atoms with Gasteiger partial charge in [0.05, 0.1) is 0 Å². The van der Waals surface area contributed by atoms with E-state index in [1.165, 1.54) is 38.5 Å². The molecule has 20 heavy (non-hydrogen) atoms. The van der Waals surface area contributed by atoms with Crippen LogP contribution >= 0.6 is 15.9 Å². The van der Waals surface area contributed by atoms with Crippen LogP contribution in [0.2, 0.25) is 0 Å².